The molecule has 0 amide bonds. The number of nitrogens with two attached hydrogens (primary N) is 1. The smallest absolute Gasteiger partial charge is 0.394 e. The van der Waals surface area contributed by atoms with Crippen molar-refractivity contribution in [1.29, 1.82) is 0 Å². The van der Waals surface area contributed by atoms with E-state index in [1.54, 1.807) is 0 Å². The maximum absolute atomic E-state index is 12.5. The van der Waals surface area contributed by atoms with Crippen molar-refractivity contribution >= 4 is 27.1 Å². The molecule has 1 saturated heterocycles. The topological polar surface area (TPSA) is 163 Å². The van der Waals surface area contributed by atoms with Gasteiger partial charge in [0.05, 0.1) is 12.9 Å². The molecule has 4 unspecified atom stereocenters. The van der Waals surface area contributed by atoms with E-state index in [4.69, 9.17) is 10.5 Å². The van der Waals surface area contributed by atoms with Gasteiger partial charge in [-0.3, -0.25) is 8.75 Å². The van der Waals surface area contributed by atoms with Crippen LogP contribution in [-0.2, 0) is 19.0 Å². The van der Waals surface area contributed by atoms with Gasteiger partial charge in [-0.05, 0) is 0 Å². The molecule has 0 saturated carbocycles. The number of anilines is 1. The maximum Gasteiger partial charge on any atom is 0.523 e. The van der Waals surface area contributed by atoms with Crippen LogP contribution < -0.4 is 5.73 Å². The number of aliphatic hydroxyl groups excluding tert-OH is 2. The average molecular weight is 399 g/mol. The van der Waals surface area contributed by atoms with Crippen LogP contribution in [0.4, 0.5) is 19.0 Å². The Morgan fingerprint density at radius 2 is 2.04 bits per heavy atom. The SMILES string of the molecule is Nc1ncnc2c1ncn2C1OC(CO)C(OS(=O)(=O)C(F)(F)F)C1O. The predicted molar refractivity (Wildman–Crippen MR) is 76.6 cm³/mol. The van der Waals surface area contributed by atoms with E-state index in [0.29, 0.717) is 0 Å². The Labute approximate surface area is 143 Å². The van der Waals surface area contributed by atoms with Crippen molar-refractivity contribution in [2.24, 2.45) is 0 Å². The van der Waals surface area contributed by atoms with Crippen LogP contribution in [0, 0.1) is 0 Å². The molecule has 2 aromatic heterocycles. The summed E-state index contributed by atoms with van der Waals surface area (Å²) >= 11 is 0. The molecule has 15 heteroatoms. The highest BCUT2D eigenvalue weighted by molar-refractivity contribution is 7.87. The summed E-state index contributed by atoms with van der Waals surface area (Å²) in [6.45, 7) is -0.907. The molecule has 0 radical (unpaired) electrons. The Balaban J connectivity index is 1.95. The van der Waals surface area contributed by atoms with Crippen molar-refractivity contribution in [1.82, 2.24) is 19.5 Å². The van der Waals surface area contributed by atoms with Crippen LogP contribution in [0.5, 0.6) is 0 Å². The fourth-order valence-corrected chi connectivity index (χ4v) is 3.11. The Bertz CT molecular complexity index is 919. The van der Waals surface area contributed by atoms with Gasteiger partial charge in [0.25, 0.3) is 0 Å². The second-order valence-electron chi connectivity index (χ2n) is 5.28. The summed E-state index contributed by atoms with van der Waals surface area (Å²) in [5.41, 5.74) is 0.132. The van der Waals surface area contributed by atoms with Crippen molar-refractivity contribution in [2.75, 3.05) is 12.3 Å². The summed E-state index contributed by atoms with van der Waals surface area (Å²) < 4.78 is 70.4. The van der Waals surface area contributed by atoms with Crippen LogP contribution in [0.15, 0.2) is 12.7 Å². The predicted octanol–water partition coefficient (Wildman–Crippen LogP) is -1.11. The van der Waals surface area contributed by atoms with Gasteiger partial charge in [-0.25, -0.2) is 15.0 Å². The number of nitrogen functional groups attached to an aromatic ring is 1. The third-order valence-electron chi connectivity index (χ3n) is 3.67. The summed E-state index contributed by atoms with van der Waals surface area (Å²) in [5, 5.41) is 19.5. The van der Waals surface area contributed by atoms with Gasteiger partial charge in [-0.15, -0.1) is 0 Å². The lowest BCUT2D eigenvalue weighted by atomic mass is 10.1. The van der Waals surface area contributed by atoms with Crippen molar-refractivity contribution in [3.63, 3.8) is 0 Å². The van der Waals surface area contributed by atoms with Crippen molar-refractivity contribution in [2.45, 2.75) is 30.0 Å². The number of hydrogen-bond acceptors (Lipinski definition) is 10. The summed E-state index contributed by atoms with van der Waals surface area (Å²) in [4.78, 5) is 11.5. The molecule has 144 valence electrons. The first-order chi connectivity index (χ1) is 12.1. The van der Waals surface area contributed by atoms with Crippen molar-refractivity contribution < 1.29 is 40.7 Å². The number of fused-ring (bicyclic) bond motifs is 1. The average Bonchev–Trinajstić information content (AvgIpc) is 3.09. The molecule has 11 nitrogen and oxygen atoms in total. The number of rotatable bonds is 4. The molecule has 3 heterocycles. The second kappa shape index (κ2) is 6.27. The van der Waals surface area contributed by atoms with Gasteiger partial charge >= 0.3 is 15.6 Å². The van der Waals surface area contributed by atoms with E-state index in [-0.39, 0.29) is 17.0 Å². The van der Waals surface area contributed by atoms with E-state index >= 15 is 0 Å². The van der Waals surface area contributed by atoms with E-state index in [9.17, 15) is 31.8 Å². The highest BCUT2D eigenvalue weighted by atomic mass is 32.2. The van der Waals surface area contributed by atoms with Crippen LogP contribution in [0.1, 0.15) is 6.23 Å². The minimum atomic E-state index is -6.02. The third-order valence-corrected chi connectivity index (χ3v) is 4.71. The van der Waals surface area contributed by atoms with Crippen molar-refractivity contribution in [3.05, 3.63) is 12.7 Å². The lowest BCUT2D eigenvalue weighted by molar-refractivity contribution is -0.0666. The molecule has 0 aromatic carbocycles. The van der Waals surface area contributed by atoms with Gasteiger partial charge in [0.2, 0.25) is 0 Å². The quantitative estimate of drug-likeness (QED) is 0.424. The molecule has 26 heavy (non-hydrogen) atoms. The van der Waals surface area contributed by atoms with Crippen LogP contribution in [0.25, 0.3) is 11.2 Å². The Morgan fingerprint density at radius 1 is 1.35 bits per heavy atom. The van der Waals surface area contributed by atoms with Gasteiger partial charge in [-0.2, -0.15) is 21.6 Å². The Kier molecular flexibility index (Phi) is 4.51. The van der Waals surface area contributed by atoms with E-state index in [1.165, 1.54) is 0 Å². The Morgan fingerprint density at radius 3 is 2.65 bits per heavy atom. The molecule has 0 spiro atoms. The summed E-state index contributed by atoms with van der Waals surface area (Å²) in [6, 6.07) is 0. The summed E-state index contributed by atoms with van der Waals surface area (Å²) in [5.74, 6) is 0.00685. The molecule has 1 fully saturated rings. The molecule has 4 atom stereocenters. The minimum Gasteiger partial charge on any atom is -0.394 e. The maximum atomic E-state index is 12.5. The number of nitrogens with zero attached hydrogens (tertiary/aromatic N) is 4. The first-order valence-corrected chi connectivity index (χ1v) is 8.34. The molecule has 2 aromatic rings. The zero-order valence-electron chi connectivity index (χ0n) is 12.6. The zero-order chi connectivity index (χ0) is 19.3. The standard InChI is InChI=1S/C11H12F3N5O6S/c12-11(13,14)26(22,23)25-7-4(1-20)24-10(6(7)21)19-3-18-5-8(15)16-2-17-9(5)19/h2-4,6-7,10,20-21H,1H2,(H2,15,16,17). The lowest BCUT2D eigenvalue weighted by Gasteiger charge is -2.20. The summed E-state index contributed by atoms with van der Waals surface area (Å²) in [7, 11) is -6.02. The van der Waals surface area contributed by atoms with E-state index in [2.05, 4.69) is 19.1 Å². The van der Waals surface area contributed by atoms with Crippen LogP contribution in [0.2, 0.25) is 0 Å². The lowest BCUT2D eigenvalue weighted by Crippen LogP contribution is -2.41. The normalized spacial score (nSPS) is 27.3. The monoisotopic (exact) mass is 399 g/mol. The fraction of sp³-hybridized carbons (Fsp3) is 0.545. The second-order valence-corrected chi connectivity index (χ2v) is 6.85. The molecule has 1 aliphatic rings. The number of aliphatic hydroxyl groups is 2. The van der Waals surface area contributed by atoms with Gasteiger partial charge in [0.15, 0.2) is 17.7 Å². The zero-order valence-corrected chi connectivity index (χ0v) is 13.4. The number of ether oxygens (including phenoxy) is 1. The molecule has 0 bridgehead atoms. The van der Waals surface area contributed by atoms with Gasteiger partial charge in [-0.1, -0.05) is 0 Å². The first kappa shape index (κ1) is 18.7. The number of imidazole rings is 1. The van der Waals surface area contributed by atoms with Crippen LogP contribution in [0.3, 0.4) is 0 Å². The summed E-state index contributed by atoms with van der Waals surface area (Å²) in [6.07, 6.45) is -4.67. The molecular formula is C11H12F3N5O6S. The van der Waals surface area contributed by atoms with Gasteiger partial charge < -0.3 is 20.7 Å². The first-order valence-electron chi connectivity index (χ1n) is 6.93. The fourth-order valence-electron chi connectivity index (χ4n) is 2.47. The molecule has 4 N–H and O–H groups in total. The van der Waals surface area contributed by atoms with E-state index < -0.39 is 46.8 Å². The van der Waals surface area contributed by atoms with Gasteiger partial charge in [0.1, 0.15) is 30.2 Å². The molecule has 1 aliphatic heterocycles. The number of alkyl halides is 3. The third kappa shape index (κ3) is 2.96. The van der Waals surface area contributed by atoms with E-state index in [0.717, 1.165) is 17.2 Å². The highest BCUT2D eigenvalue weighted by Gasteiger charge is 2.54. The van der Waals surface area contributed by atoms with Crippen LogP contribution >= 0.6 is 0 Å². The number of halogens is 3. The van der Waals surface area contributed by atoms with Crippen molar-refractivity contribution in [3.8, 4) is 0 Å². The molecular weight excluding hydrogens is 387 g/mol. The van der Waals surface area contributed by atoms with Crippen LogP contribution in [-0.4, -0.2) is 68.6 Å². The molecule has 3 rings (SSSR count). The highest BCUT2D eigenvalue weighted by Crippen LogP contribution is 2.36. The molecule has 0 aliphatic carbocycles. The number of aromatic nitrogens is 4. The largest absolute Gasteiger partial charge is 0.523 e. The van der Waals surface area contributed by atoms with Gasteiger partial charge in [0, 0.05) is 0 Å². The Hall–Kier alpha value is -2.07. The van der Waals surface area contributed by atoms with E-state index in [1.807, 2.05) is 0 Å². The minimum absolute atomic E-state index is 0.00685. The number of hydrogen-bond donors (Lipinski definition) is 3.